The minimum absolute atomic E-state index is 0.209. The predicted molar refractivity (Wildman–Crippen MR) is 101 cm³/mol. The highest BCUT2D eigenvalue weighted by Gasteiger charge is 2.49. The summed E-state index contributed by atoms with van der Waals surface area (Å²) < 4.78 is 5.80. The van der Waals surface area contributed by atoms with Gasteiger partial charge in [-0.2, -0.15) is 4.91 Å². The van der Waals surface area contributed by atoms with Gasteiger partial charge in [0.2, 0.25) is 5.91 Å². The zero-order valence-corrected chi connectivity index (χ0v) is 16.6. The molecule has 0 aromatic carbocycles. The number of aliphatic hydroxyl groups excluding tert-OH is 2. The standard InChI is InChI=1S/C16H28ClN3O5S/c1-8(17)10(19-15(23)9-6-4-3-5-7-18-9)14-11(20-24)12(21)13(22)16(25-14)26-2/h8-14,16,18,21-22H,3-7H2,1-2H3,(H,19,23). The Morgan fingerprint density at radius 3 is 2.69 bits per heavy atom. The number of nitrogens with one attached hydrogen (secondary N) is 2. The Morgan fingerprint density at radius 2 is 2.08 bits per heavy atom. The molecule has 4 N–H and O–H groups in total. The Hall–Kier alpha value is -0.450. The summed E-state index contributed by atoms with van der Waals surface area (Å²) in [6, 6.07) is -2.27. The predicted octanol–water partition coefficient (Wildman–Crippen LogP) is 0.575. The maximum Gasteiger partial charge on any atom is 0.237 e. The number of rotatable bonds is 6. The van der Waals surface area contributed by atoms with Gasteiger partial charge in [-0.3, -0.25) is 4.79 Å². The highest BCUT2D eigenvalue weighted by molar-refractivity contribution is 7.99. The summed E-state index contributed by atoms with van der Waals surface area (Å²) in [5.41, 5.74) is -0.737. The lowest BCUT2D eigenvalue weighted by atomic mass is 9.91. The largest absolute Gasteiger partial charge is 0.388 e. The Kier molecular flexibility index (Phi) is 8.56. The molecule has 0 saturated carbocycles. The summed E-state index contributed by atoms with van der Waals surface area (Å²) in [4.78, 5) is 24.0. The Morgan fingerprint density at radius 1 is 1.35 bits per heavy atom. The van der Waals surface area contributed by atoms with Gasteiger partial charge in [0, 0.05) is 0 Å². The van der Waals surface area contributed by atoms with E-state index in [1.165, 1.54) is 11.8 Å². The van der Waals surface area contributed by atoms with Crippen LogP contribution in [0.4, 0.5) is 0 Å². The van der Waals surface area contributed by atoms with E-state index in [4.69, 9.17) is 16.3 Å². The van der Waals surface area contributed by atoms with Crippen LogP contribution in [0.1, 0.15) is 32.6 Å². The van der Waals surface area contributed by atoms with Gasteiger partial charge in [-0.05, 0) is 32.6 Å². The van der Waals surface area contributed by atoms with Crippen molar-refractivity contribution in [1.29, 1.82) is 0 Å². The first-order valence-corrected chi connectivity index (χ1v) is 10.7. The molecule has 0 aromatic heterocycles. The number of amides is 1. The van der Waals surface area contributed by atoms with Crippen LogP contribution in [-0.4, -0.2) is 76.2 Å². The van der Waals surface area contributed by atoms with Crippen LogP contribution >= 0.6 is 23.4 Å². The topological polar surface area (TPSA) is 120 Å². The molecule has 1 amide bonds. The molecule has 2 fully saturated rings. The number of hydrogen-bond donors (Lipinski definition) is 4. The van der Waals surface area contributed by atoms with E-state index in [0.29, 0.717) is 0 Å². The quantitative estimate of drug-likeness (QED) is 0.374. The van der Waals surface area contributed by atoms with Crippen LogP contribution in [-0.2, 0) is 9.53 Å². The molecule has 2 rings (SSSR count). The number of halogens is 1. The molecule has 2 aliphatic heterocycles. The molecular weight excluding hydrogens is 382 g/mol. The zero-order valence-electron chi connectivity index (χ0n) is 15.0. The number of nitrogens with zero attached hydrogens (tertiary/aromatic N) is 1. The molecule has 2 aliphatic rings. The van der Waals surface area contributed by atoms with Gasteiger partial charge in [0.15, 0.2) is 0 Å². The van der Waals surface area contributed by atoms with E-state index in [9.17, 15) is 19.9 Å². The van der Waals surface area contributed by atoms with Crippen molar-refractivity contribution in [2.24, 2.45) is 5.18 Å². The van der Waals surface area contributed by atoms with Crippen LogP contribution in [0.2, 0.25) is 0 Å². The molecule has 0 bridgehead atoms. The molecule has 0 radical (unpaired) electrons. The molecule has 0 aromatic rings. The fraction of sp³-hybridized carbons (Fsp3) is 0.938. The van der Waals surface area contributed by atoms with Gasteiger partial charge in [-0.25, -0.2) is 0 Å². The molecule has 2 heterocycles. The van der Waals surface area contributed by atoms with Gasteiger partial charge in [0.05, 0.1) is 17.5 Å². The second kappa shape index (κ2) is 10.2. The molecule has 8 unspecified atom stereocenters. The molecule has 2 saturated heterocycles. The summed E-state index contributed by atoms with van der Waals surface area (Å²) in [5, 5.41) is 28.8. The van der Waals surface area contributed by atoms with Crippen molar-refractivity contribution in [2.75, 3.05) is 12.8 Å². The number of hydrogen-bond acceptors (Lipinski definition) is 8. The molecule has 10 heteroatoms. The van der Waals surface area contributed by atoms with Gasteiger partial charge < -0.3 is 25.6 Å². The lowest BCUT2D eigenvalue weighted by Crippen LogP contribution is -2.64. The molecule has 26 heavy (non-hydrogen) atoms. The number of carbonyl (C=O) groups excluding carboxylic acids is 1. The second-order valence-electron chi connectivity index (χ2n) is 6.85. The van der Waals surface area contributed by atoms with Crippen molar-refractivity contribution in [3.8, 4) is 0 Å². The second-order valence-corrected chi connectivity index (χ2v) is 8.47. The Balaban J connectivity index is 2.15. The minimum atomic E-state index is -1.38. The van der Waals surface area contributed by atoms with E-state index < -0.39 is 41.2 Å². The third-order valence-electron chi connectivity index (χ3n) is 5.00. The number of carbonyl (C=O) groups is 1. The van der Waals surface area contributed by atoms with Gasteiger partial charge in [-0.1, -0.05) is 18.0 Å². The average molecular weight is 410 g/mol. The van der Waals surface area contributed by atoms with Gasteiger partial charge >= 0.3 is 0 Å². The Bertz CT molecular complexity index is 479. The first kappa shape index (κ1) is 21.8. The van der Waals surface area contributed by atoms with Crippen LogP contribution in [0.15, 0.2) is 5.18 Å². The van der Waals surface area contributed by atoms with Crippen molar-refractivity contribution in [3.05, 3.63) is 4.91 Å². The van der Waals surface area contributed by atoms with Crippen molar-refractivity contribution in [3.63, 3.8) is 0 Å². The lowest BCUT2D eigenvalue weighted by molar-refractivity contribution is -0.157. The lowest BCUT2D eigenvalue weighted by Gasteiger charge is -2.43. The highest BCUT2D eigenvalue weighted by Crippen LogP contribution is 2.31. The van der Waals surface area contributed by atoms with E-state index >= 15 is 0 Å². The SMILES string of the molecule is CSC1OC(C(NC(=O)C2CCCCCN2)C(C)Cl)C(N=O)C(O)C1O. The van der Waals surface area contributed by atoms with Crippen LogP contribution in [0.25, 0.3) is 0 Å². The number of alkyl halides is 1. The first-order chi connectivity index (χ1) is 12.4. The number of ether oxygens (including phenoxy) is 1. The third-order valence-corrected chi connectivity index (χ3v) is 6.12. The molecular formula is C16H28ClN3O5S. The van der Waals surface area contributed by atoms with Gasteiger partial charge in [0.1, 0.15) is 29.8 Å². The van der Waals surface area contributed by atoms with Crippen LogP contribution < -0.4 is 10.6 Å². The average Bonchev–Trinajstić information content (AvgIpc) is 2.91. The molecule has 0 aliphatic carbocycles. The minimum Gasteiger partial charge on any atom is -0.388 e. The van der Waals surface area contributed by atoms with Crippen molar-refractivity contribution < 1.29 is 19.7 Å². The van der Waals surface area contributed by atoms with Crippen LogP contribution in [0.5, 0.6) is 0 Å². The monoisotopic (exact) mass is 409 g/mol. The summed E-state index contributed by atoms with van der Waals surface area (Å²) >= 11 is 7.49. The number of aliphatic hydroxyl groups is 2. The summed E-state index contributed by atoms with van der Waals surface area (Å²) in [6.45, 7) is 2.46. The van der Waals surface area contributed by atoms with E-state index in [1.54, 1.807) is 13.2 Å². The van der Waals surface area contributed by atoms with Gasteiger partial charge in [-0.15, -0.1) is 23.4 Å². The van der Waals surface area contributed by atoms with E-state index in [0.717, 1.165) is 32.2 Å². The third kappa shape index (κ3) is 5.08. The van der Waals surface area contributed by atoms with Crippen LogP contribution in [0, 0.1) is 4.91 Å². The van der Waals surface area contributed by atoms with Gasteiger partial charge in [0.25, 0.3) is 0 Å². The van der Waals surface area contributed by atoms with E-state index in [2.05, 4.69) is 15.8 Å². The summed E-state index contributed by atoms with van der Waals surface area (Å²) in [7, 11) is 0. The smallest absolute Gasteiger partial charge is 0.237 e. The summed E-state index contributed by atoms with van der Waals surface area (Å²) in [5.74, 6) is -0.209. The fourth-order valence-electron chi connectivity index (χ4n) is 3.46. The normalized spacial score (nSPS) is 38.0. The first-order valence-electron chi connectivity index (χ1n) is 8.95. The Labute approximate surface area is 162 Å². The van der Waals surface area contributed by atoms with Crippen LogP contribution in [0.3, 0.4) is 0 Å². The van der Waals surface area contributed by atoms with Crippen molar-refractivity contribution in [2.45, 2.75) is 79.9 Å². The fourth-order valence-corrected chi connectivity index (χ4v) is 4.35. The van der Waals surface area contributed by atoms with Crippen molar-refractivity contribution in [1.82, 2.24) is 10.6 Å². The highest BCUT2D eigenvalue weighted by atomic mass is 35.5. The number of thioether (sulfide) groups is 1. The molecule has 8 nitrogen and oxygen atoms in total. The van der Waals surface area contributed by atoms with Crippen molar-refractivity contribution >= 4 is 29.3 Å². The maximum atomic E-state index is 12.7. The van der Waals surface area contributed by atoms with E-state index in [-0.39, 0.29) is 11.9 Å². The maximum absolute atomic E-state index is 12.7. The zero-order chi connectivity index (χ0) is 19.3. The van der Waals surface area contributed by atoms with E-state index in [1.807, 2.05) is 0 Å². The number of nitroso groups, excluding NO2 is 1. The summed E-state index contributed by atoms with van der Waals surface area (Å²) in [6.07, 6.45) is 1.97. The molecule has 8 atom stereocenters. The molecule has 0 spiro atoms. The molecule has 150 valence electrons.